The molecule has 5 rings (SSSR count). The number of aromatic nitrogens is 3. The standard InChI is InChI=1S/C27H29F3N4O4/c1-16(20-13-21-23(31-17(2)32-24(21)35)33-22(20)27(28,29)30)38-19-7-5-18(6-8-19)25(36)34-11-3-9-26(14-34)10-4-12-37-15-26/h5-8,13,16H,3-4,9-12,14-15H2,1-2H3,(H,31,32,33,35)/t16-,26?/m0/s1. The molecule has 0 aliphatic carbocycles. The fraction of sp³-hybridized carbons (Fsp3) is 0.481. The van der Waals surface area contributed by atoms with E-state index in [0.717, 1.165) is 38.4 Å². The number of aryl methyl sites for hydroxylation is 1. The van der Waals surface area contributed by atoms with Gasteiger partial charge < -0.3 is 19.4 Å². The molecule has 202 valence electrons. The van der Waals surface area contributed by atoms with E-state index in [1.54, 1.807) is 24.3 Å². The summed E-state index contributed by atoms with van der Waals surface area (Å²) >= 11 is 0. The van der Waals surface area contributed by atoms with Crippen molar-refractivity contribution in [3.8, 4) is 5.75 Å². The maximum Gasteiger partial charge on any atom is 0.433 e. The highest BCUT2D eigenvalue weighted by Gasteiger charge is 2.39. The molecule has 1 spiro atoms. The minimum atomic E-state index is -4.77. The number of carbonyl (C=O) groups excluding carboxylic acids is 1. The number of likely N-dealkylation sites (tertiary alicyclic amines) is 1. The highest BCUT2D eigenvalue weighted by atomic mass is 19.4. The van der Waals surface area contributed by atoms with E-state index in [9.17, 15) is 22.8 Å². The van der Waals surface area contributed by atoms with E-state index >= 15 is 0 Å². The summed E-state index contributed by atoms with van der Waals surface area (Å²) in [7, 11) is 0. The summed E-state index contributed by atoms with van der Waals surface area (Å²) in [6.07, 6.45) is -1.84. The normalized spacial score (nSPS) is 21.0. The zero-order valence-electron chi connectivity index (χ0n) is 21.2. The molecular formula is C27H29F3N4O4. The lowest BCUT2D eigenvalue weighted by Gasteiger charge is -2.44. The van der Waals surface area contributed by atoms with Gasteiger partial charge in [0.25, 0.3) is 11.5 Å². The molecule has 2 aliphatic heterocycles. The predicted octanol–water partition coefficient (Wildman–Crippen LogP) is 4.82. The maximum absolute atomic E-state index is 13.8. The molecule has 2 aliphatic rings. The summed E-state index contributed by atoms with van der Waals surface area (Å²) in [6.45, 7) is 5.70. The molecule has 38 heavy (non-hydrogen) atoms. The van der Waals surface area contributed by atoms with E-state index in [4.69, 9.17) is 9.47 Å². The first kappa shape index (κ1) is 26.1. The van der Waals surface area contributed by atoms with Gasteiger partial charge in [0.05, 0.1) is 12.0 Å². The van der Waals surface area contributed by atoms with Gasteiger partial charge in [-0.15, -0.1) is 0 Å². The van der Waals surface area contributed by atoms with Crippen molar-refractivity contribution in [1.29, 1.82) is 0 Å². The second kappa shape index (κ2) is 10.0. The largest absolute Gasteiger partial charge is 0.486 e. The first-order valence-electron chi connectivity index (χ1n) is 12.7. The van der Waals surface area contributed by atoms with Crippen molar-refractivity contribution in [2.45, 2.75) is 51.8 Å². The molecule has 4 heterocycles. The molecule has 11 heteroatoms. The van der Waals surface area contributed by atoms with Gasteiger partial charge in [-0.3, -0.25) is 9.59 Å². The van der Waals surface area contributed by atoms with Crippen molar-refractivity contribution < 1.29 is 27.4 Å². The molecule has 1 unspecified atom stereocenters. The molecule has 0 bridgehead atoms. The number of hydrogen-bond donors (Lipinski definition) is 1. The number of carbonyl (C=O) groups is 1. The summed E-state index contributed by atoms with van der Waals surface area (Å²) in [5.41, 5.74) is -1.80. The fourth-order valence-corrected chi connectivity index (χ4v) is 5.47. The lowest BCUT2D eigenvalue weighted by molar-refractivity contribution is -0.142. The highest BCUT2D eigenvalue weighted by molar-refractivity contribution is 5.94. The van der Waals surface area contributed by atoms with Crippen LogP contribution in [0, 0.1) is 12.3 Å². The molecule has 1 amide bonds. The molecule has 2 atom stereocenters. The van der Waals surface area contributed by atoms with Crippen LogP contribution in [0.25, 0.3) is 11.0 Å². The number of halogens is 3. The number of nitrogens with one attached hydrogen (secondary N) is 1. The van der Waals surface area contributed by atoms with Crippen molar-refractivity contribution in [3.63, 3.8) is 0 Å². The van der Waals surface area contributed by atoms with Gasteiger partial charge in [-0.1, -0.05) is 0 Å². The topological polar surface area (TPSA) is 97.4 Å². The average Bonchev–Trinajstić information content (AvgIpc) is 2.88. The van der Waals surface area contributed by atoms with Crippen LogP contribution in [0.1, 0.15) is 66.2 Å². The lowest BCUT2D eigenvalue weighted by atomic mass is 9.76. The summed E-state index contributed by atoms with van der Waals surface area (Å²) < 4.78 is 53.0. The van der Waals surface area contributed by atoms with E-state index < -0.39 is 23.5 Å². The second-order valence-electron chi connectivity index (χ2n) is 10.2. The number of alkyl halides is 3. The van der Waals surface area contributed by atoms with Crippen LogP contribution in [0.2, 0.25) is 0 Å². The van der Waals surface area contributed by atoms with Crippen LogP contribution < -0.4 is 10.3 Å². The van der Waals surface area contributed by atoms with Gasteiger partial charge in [0.2, 0.25) is 0 Å². The van der Waals surface area contributed by atoms with Gasteiger partial charge in [-0.2, -0.15) is 13.2 Å². The molecule has 2 fully saturated rings. The number of benzene rings is 1. The van der Waals surface area contributed by atoms with Gasteiger partial charge in [0.15, 0.2) is 11.3 Å². The number of hydrogen-bond acceptors (Lipinski definition) is 6. The third-order valence-corrected chi connectivity index (χ3v) is 7.32. The van der Waals surface area contributed by atoms with E-state index in [1.165, 1.54) is 13.8 Å². The van der Waals surface area contributed by atoms with Crippen LogP contribution in [0.15, 0.2) is 35.1 Å². The molecule has 2 aromatic heterocycles. The first-order valence-corrected chi connectivity index (χ1v) is 12.7. The number of piperidine rings is 1. The lowest BCUT2D eigenvalue weighted by Crippen LogP contribution is -2.49. The molecule has 0 radical (unpaired) electrons. The fourth-order valence-electron chi connectivity index (χ4n) is 5.47. The van der Waals surface area contributed by atoms with E-state index in [1.807, 2.05) is 4.90 Å². The smallest absolute Gasteiger partial charge is 0.433 e. The number of aromatic amines is 1. The van der Waals surface area contributed by atoms with Crippen molar-refractivity contribution >= 4 is 16.9 Å². The Morgan fingerprint density at radius 2 is 1.92 bits per heavy atom. The number of ether oxygens (including phenoxy) is 2. The van der Waals surface area contributed by atoms with Crippen LogP contribution in [0.5, 0.6) is 5.75 Å². The summed E-state index contributed by atoms with van der Waals surface area (Å²) in [4.78, 5) is 37.5. The number of fused-ring (bicyclic) bond motifs is 1. The van der Waals surface area contributed by atoms with Crippen LogP contribution in [-0.4, -0.2) is 52.1 Å². The molecule has 2 saturated heterocycles. The molecule has 0 saturated carbocycles. The molecule has 1 aromatic carbocycles. The third kappa shape index (κ3) is 5.24. The number of amides is 1. The monoisotopic (exact) mass is 530 g/mol. The van der Waals surface area contributed by atoms with Gasteiger partial charge >= 0.3 is 6.18 Å². The van der Waals surface area contributed by atoms with E-state index in [2.05, 4.69) is 15.0 Å². The third-order valence-electron chi connectivity index (χ3n) is 7.32. The van der Waals surface area contributed by atoms with Crippen molar-refractivity contribution in [2.75, 3.05) is 26.3 Å². The minimum Gasteiger partial charge on any atom is -0.486 e. The zero-order valence-corrected chi connectivity index (χ0v) is 21.2. The molecule has 8 nitrogen and oxygen atoms in total. The minimum absolute atomic E-state index is 0.0185. The predicted molar refractivity (Wildman–Crippen MR) is 133 cm³/mol. The Morgan fingerprint density at radius 3 is 2.61 bits per heavy atom. The van der Waals surface area contributed by atoms with Crippen LogP contribution in [0.3, 0.4) is 0 Å². The second-order valence-corrected chi connectivity index (χ2v) is 10.2. The van der Waals surface area contributed by atoms with Crippen LogP contribution in [-0.2, 0) is 10.9 Å². The van der Waals surface area contributed by atoms with Crippen LogP contribution in [0.4, 0.5) is 13.2 Å². The number of H-pyrrole nitrogens is 1. The molecule has 3 aromatic rings. The Balaban J connectivity index is 1.35. The summed E-state index contributed by atoms with van der Waals surface area (Å²) in [5.74, 6) is 0.366. The van der Waals surface area contributed by atoms with Crippen molar-refractivity contribution in [2.24, 2.45) is 5.41 Å². The summed E-state index contributed by atoms with van der Waals surface area (Å²) in [6, 6.07) is 7.48. The Kier molecular flexibility index (Phi) is 6.89. The Bertz CT molecular complexity index is 1390. The van der Waals surface area contributed by atoms with Crippen LogP contribution >= 0.6 is 0 Å². The Labute approximate surface area is 217 Å². The molecule has 1 N–H and O–H groups in total. The quantitative estimate of drug-likeness (QED) is 0.520. The number of nitrogens with zero attached hydrogens (tertiary/aromatic N) is 3. The average molecular weight is 531 g/mol. The molecular weight excluding hydrogens is 501 g/mol. The van der Waals surface area contributed by atoms with E-state index in [-0.39, 0.29) is 39.5 Å². The SMILES string of the molecule is Cc1nc2nc(C(F)(F)F)c([C@H](C)Oc3ccc(C(=O)N4CCCC5(CCCOC5)C4)cc3)cc2c(=O)[nH]1. The zero-order chi connectivity index (χ0) is 27.1. The van der Waals surface area contributed by atoms with Gasteiger partial charge in [-0.05, 0) is 69.9 Å². The van der Waals surface area contributed by atoms with Crippen molar-refractivity contribution in [1.82, 2.24) is 19.9 Å². The van der Waals surface area contributed by atoms with Gasteiger partial charge in [-0.25, -0.2) is 9.97 Å². The number of rotatable bonds is 4. The van der Waals surface area contributed by atoms with E-state index in [0.29, 0.717) is 25.3 Å². The number of pyridine rings is 1. The first-order chi connectivity index (χ1) is 18.0. The van der Waals surface area contributed by atoms with Crippen molar-refractivity contribution in [3.05, 3.63) is 63.3 Å². The Hall–Kier alpha value is -3.47. The highest BCUT2D eigenvalue weighted by Crippen LogP contribution is 2.38. The maximum atomic E-state index is 13.8. The van der Waals surface area contributed by atoms with Gasteiger partial charge in [0, 0.05) is 36.2 Å². The van der Waals surface area contributed by atoms with Gasteiger partial charge in [0.1, 0.15) is 17.7 Å². The Morgan fingerprint density at radius 1 is 1.18 bits per heavy atom. The summed E-state index contributed by atoms with van der Waals surface area (Å²) in [5, 5.41) is -0.0577.